The number of hydrogen-bond acceptors (Lipinski definition) is 3. The number of rotatable bonds is 4. The van der Waals surface area contributed by atoms with Crippen LogP contribution in [0.3, 0.4) is 0 Å². The van der Waals surface area contributed by atoms with Gasteiger partial charge in [0.1, 0.15) is 10.7 Å². The van der Waals surface area contributed by atoms with Crippen molar-refractivity contribution in [2.24, 2.45) is 0 Å². The van der Waals surface area contributed by atoms with E-state index in [0.29, 0.717) is 12.1 Å². The smallest absolute Gasteiger partial charge is 0.246 e. The number of sulfonamides is 1. The molecule has 1 fully saturated rings. The van der Waals surface area contributed by atoms with Crippen molar-refractivity contribution in [3.05, 3.63) is 29.6 Å². The Bertz CT molecular complexity index is 574. The molecule has 1 aromatic carbocycles. The lowest BCUT2D eigenvalue weighted by Crippen LogP contribution is -2.43. The third-order valence-electron chi connectivity index (χ3n) is 3.81. The average Bonchev–Trinajstić information content (AvgIpc) is 2.46. The van der Waals surface area contributed by atoms with Gasteiger partial charge in [-0.3, -0.25) is 0 Å². The van der Waals surface area contributed by atoms with E-state index in [1.165, 1.54) is 16.4 Å². The minimum atomic E-state index is -3.80. The quantitative estimate of drug-likeness (QED) is 0.928. The summed E-state index contributed by atoms with van der Waals surface area (Å²) in [6, 6.07) is 3.72. The van der Waals surface area contributed by atoms with Crippen LogP contribution in [0.25, 0.3) is 0 Å². The Morgan fingerprint density at radius 2 is 2.15 bits per heavy atom. The molecule has 0 aromatic heterocycles. The van der Waals surface area contributed by atoms with Gasteiger partial charge in [-0.2, -0.15) is 4.31 Å². The molecule has 0 saturated carbocycles. The first kappa shape index (κ1) is 15.4. The molecule has 112 valence electrons. The topological polar surface area (TPSA) is 57.6 Å². The van der Waals surface area contributed by atoms with E-state index in [0.717, 1.165) is 31.7 Å². The fourth-order valence-corrected chi connectivity index (χ4v) is 4.49. The summed E-state index contributed by atoms with van der Waals surface area (Å²) in [7, 11) is -3.80. The largest absolute Gasteiger partial charge is 0.392 e. The van der Waals surface area contributed by atoms with Crippen LogP contribution in [0.1, 0.15) is 38.2 Å². The van der Waals surface area contributed by atoms with E-state index < -0.39 is 15.8 Å². The van der Waals surface area contributed by atoms with Crippen LogP contribution >= 0.6 is 0 Å². The van der Waals surface area contributed by atoms with Crippen molar-refractivity contribution in [1.29, 1.82) is 0 Å². The lowest BCUT2D eigenvalue weighted by atomic mass is 10.0. The molecular weight excluding hydrogens is 281 g/mol. The van der Waals surface area contributed by atoms with Crippen LogP contribution in [-0.2, 0) is 16.6 Å². The minimum Gasteiger partial charge on any atom is -0.392 e. The predicted octanol–water partition coefficient (Wildman–Crippen LogP) is 2.27. The van der Waals surface area contributed by atoms with E-state index in [2.05, 4.69) is 0 Å². The van der Waals surface area contributed by atoms with Crippen LogP contribution in [0.15, 0.2) is 23.1 Å². The molecule has 6 heteroatoms. The Kier molecular flexibility index (Phi) is 4.78. The second-order valence-corrected chi connectivity index (χ2v) is 6.96. The average molecular weight is 301 g/mol. The summed E-state index contributed by atoms with van der Waals surface area (Å²) in [5.41, 5.74) is 0.368. The summed E-state index contributed by atoms with van der Waals surface area (Å²) in [6.45, 7) is 2.09. The molecule has 0 spiro atoms. The summed E-state index contributed by atoms with van der Waals surface area (Å²) in [6.07, 6.45) is 3.38. The van der Waals surface area contributed by atoms with Crippen LogP contribution in [0.2, 0.25) is 0 Å². The summed E-state index contributed by atoms with van der Waals surface area (Å²) >= 11 is 0. The number of nitrogens with zero attached hydrogens (tertiary/aromatic N) is 1. The molecule has 20 heavy (non-hydrogen) atoms. The lowest BCUT2D eigenvalue weighted by molar-refractivity contribution is 0.246. The second-order valence-electron chi connectivity index (χ2n) is 5.10. The molecule has 0 amide bonds. The number of piperidine rings is 1. The number of aliphatic hydroxyl groups is 1. The van der Waals surface area contributed by atoms with Gasteiger partial charge < -0.3 is 5.11 Å². The maximum Gasteiger partial charge on any atom is 0.246 e. The molecule has 4 nitrogen and oxygen atoms in total. The van der Waals surface area contributed by atoms with E-state index in [1.807, 2.05) is 6.92 Å². The van der Waals surface area contributed by atoms with Gasteiger partial charge in [-0.15, -0.1) is 0 Å². The molecule has 1 N–H and O–H groups in total. The van der Waals surface area contributed by atoms with Crippen LogP contribution < -0.4 is 0 Å². The number of aliphatic hydroxyl groups excluding tert-OH is 1. The van der Waals surface area contributed by atoms with Gasteiger partial charge in [0.15, 0.2) is 0 Å². The predicted molar refractivity (Wildman–Crippen MR) is 74.1 cm³/mol. The summed E-state index contributed by atoms with van der Waals surface area (Å²) in [5, 5.41) is 8.96. The van der Waals surface area contributed by atoms with Crippen LogP contribution in [0.4, 0.5) is 4.39 Å². The second kappa shape index (κ2) is 6.20. The molecule has 1 aliphatic rings. The first-order valence-corrected chi connectivity index (χ1v) is 8.35. The Morgan fingerprint density at radius 3 is 2.75 bits per heavy atom. The highest BCUT2D eigenvalue weighted by Gasteiger charge is 2.34. The molecule has 0 aliphatic carbocycles. The van der Waals surface area contributed by atoms with Crippen LogP contribution in [0, 0.1) is 5.82 Å². The Labute approximate surface area is 119 Å². The monoisotopic (exact) mass is 301 g/mol. The summed E-state index contributed by atoms with van der Waals surface area (Å²) in [4.78, 5) is -0.296. The molecule has 2 rings (SSSR count). The van der Waals surface area contributed by atoms with Crippen molar-refractivity contribution in [3.8, 4) is 0 Å². The van der Waals surface area contributed by atoms with Gasteiger partial charge in [-0.25, -0.2) is 12.8 Å². The van der Waals surface area contributed by atoms with Gasteiger partial charge >= 0.3 is 0 Å². The Hall–Kier alpha value is -0.980. The fraction of sp³-hybridized carbons (Fsp3) is 0.571. The highest BCUT2D eigenvalue weighted by molar-refractivity contribution is 7.89. The lowest BCUT2D eigenvalue weighted by Gasteiger charge is -2.34. The molecule has 0 radical (unpaired) electrons. The van der Waals surface area contributed by atoms with E-state index in [9.17, 15) is 12.8 Å². The summed E-state index contributed by atoms with van der Waals surface area (Å²) in [5.74, 6) is -0.794. The van der Waals surface area contributed by atoms with Gasteiger partial charge in [0.2, 0.25) is 10.0 Å². The molecule has 1 aliphatic heterocycles. The van der Waals surface area contributed by atoms with Crippen molar-refractivity contribution in [3.63, 3.8) is 0 Å². The van der Waals surface area contributed by atoms with Crippen molar-refractivity contribution < 1.29 is 17.9 Å². The van der Waals surface area contributed by atoms with E-state index in [1.54, 1.807) is 0 Å². The Balaban J connectivity index is 2.38. The number of hydrogen-bond donors (Lipinski definition) is 1. The third kappa shape index (κ3) is 2.87. The molecule has 1 atom stereocenters. The van der Waals surface area contributed by atoms with E-state index in [4.69, 9.17) is 5.11 Å². The summed E-state index contributed by atoms with van der Waals surface area (Å²) < 4.78 is 40.6. The zero-order chi connectivity index (χ0) is 14.8. The van der Waals surface area contributed by atoms with Crippen molar-refractivity contribution in [2.75, 3.05) is 6.54 Å². The maximum atomic E-state index is 14.0. The van der Waals surface area contributed by atoms with Crippen molar-refractivity contribution in [2.45, 2.75) is 50.2 Å². The Morgan fingerprint density at radius 1 is 1.40 bits per heavy atom. The SMILES string of the molecule is CCC1CCCCN1S(=O)(=O)c1ccc(CO)cc1F. The van der Waals surface area contributed by atoms with Crippen LogP contribution in [-0.4, -0.2) is 30.4 Å². The van der Waals surface area contributed by atoms with Crippen LogP contribution in [0.5, 0.6) is 0 Å². The number of halogens is 1. The molecule has 1 unspecified atom stereocenters. The fourth-order valence-electron chi connectivity index (χ4n) is 2.68. The van der Waals surface area contributed by atoms with Gasteiger partial charge in [-0.1, -0.05) is 19.4 Å². The minimum absolute atomic E-state index is 0.0503. The zero-order valence-corrected chi connectivity index (χ0v) is 12.4. The zero-order valence-electron chi connectivity index (χ0n) is 11.5. The molecule has 1 saturated heterocycles. The highest BCUT2D eigenvalue weighted by atomic mass is 32.2. The molecule has 1 aromatic rings. The first-order valence-electron chi connectivity index (χ1n) is 6.91. The standard InChI is InChI=1S/C14H20FNO3S/c1-2-12-5-3-4-8-16(12)20(18,19)14-7-6-11(10-17)9-13(14)15/h6-7,9,12,17H,2-5,8,10H2,1H3. The number of benzene rings is 1. The van der Waals surface area contributed by atoms with E-state index in [-0.39, 0.29) is 17.5 Å². The van der Waals surface area contributed by atoms with E-state index >= 15 is 0 Å². The maximum absolute atomic E-state index is 14.0. The van der Waals surface area contributed by atoms with Gasteiger partial charge in [0.25, 0.3) is 0 Å². The van der Waals surface area contributed by atoms with Gasteiger partial charge in [-0.05, 0) is 37.0 Å². The third-order valence-corrected chi connectivity index (χ3v) is 5.79. The molecule has 0 bridgehead atoms. The highest BCUT2D eigenvalue weighted by Crippen LogP contribution is 2.28. The van der Waals surface area contributed by atoms with Crippen molar-refractivity contribution in [1.82, 2.24) is 4.31 Å². The van der Waals surface area contributed by atoms with Crippen molar-refractivity contribution >= 4 is 10.0 Å². The first-order chi connectivity index (χ1) is 9.50. The van der Waals surface area contributed by atoms with Gasteiger partial charge in [0.05, 0.1) is 6.61 Å². The molecular formula is C14H20FNO3S. The normalized spacial score (nSPS) is 21.1. The molecule has 1 heterocycles. The van der Waals surface area contributed by atoms with Gasteiger partial charge in [0, 0.05) is 12.6 Å².